The molecule has 0 saturated carbocycles. The Bertz CT molecular complexity index is 1590. The molecule has 2 unspecified atom stereocenters. The van der Waals surface area contributed by atoms with Gasteiger partial charge in [-0.05, 0) is 54.4 Å². The normalized spacial score (nSPS) is 18.9. The fourth-order valence-corrected chi connectivity index (χ4v) is 6.27. The third-order valence-electron chi connectivity index (χ3n) is 5.93. The lowest BCUT2D eigenvalue weighted by atomic mass is 9.86. The van der Waals surface area contributed by atoms with E-state index in [1.54, 1.807) is 19.1 Å². The van der Waals surface area contributed by atoms with Crippen LogP contribution in [0.5, 0.6) is 0 Å². The Hall–Kier alpha value is -2.66. The van der Waals surface area contributed by atoms with Crippen molar-refractivity contribution in [1.82, 2.24) is 0 Å². The number of carbonyl (C=O) groups is 1. The van der Waals surface area contributed by atoms with Crippen LogP contribution in [0.1, 0.15) is 33.5 Å². The second-order valence-corrected chi connectivity index (χ2v) is 12.0. The van der Waals surface area contributed by atoms with Crippen LogP contribution in [0.2, 0.25) is 15.1 Å². The van der Waals surface area contributed by atoms with Crippen molar-refractivity contribution in [1.29, 1.82) is 0 Å². The molecule has 1 amide bonds. The molecule has 1 aliphatic rings. The summed E-state index contributed by atoms with van der Waals surface area (Å²) in [5, 5.41) is 2.66. The summed E-state index contributed by atoms with van der Waals surface area (Å²) < 4.78 is 73.6. The zero-order valence-corrected chi connectivity index (χ0v) is 22.7. The van der Waals surface area contributed by atoms with E-state index in [-0.39, 0.29) is 26.8 Å². The first-order valence-corrected chi connectivity index (χ1v) is 13.8. The van der Waals surface area contributed by atoms with Crippen LogP contribution in [-0.4, -0.2) is 28.3 Å². The van der Waals surface area contributed by atoms with Crippen molar-refractivity contribution >= 4 is 56.2 Å². The Morgan fingerprint density at radius 3 is 2.26 bits per heavy atom. The number of hydrogen-bond donors (Lipinski definition) is 0. The number of benzene rings is 3. The van der Waals surface area contributed by atoms with Gasteiger partial charge in [-0.25, -0.2) is 8.60 Å². The predicted molar refractivity (Wildman–Crippen MR) is 138 cm³/mol. The van der Waals surface area contributed by atoms with Gasteiger partial charge in [0, 0.05) is 23.8 Å². The van der Waals surface area contributed by atoms with Crippen LogP contribution >= 0.6 is 34.8 Å². The molecule has 3 aromatic rings. The van der Waals surface area contributed by atoms with E-state index in [9.17, 15) is 26.6 Å². The number of halogens is 7. The van der Waals surface area contributed by atoms with Crippen LogP contribution < -0.4 is 0 Å². The largest absolute Gasteiger partial charge is 0.435 e. The molecule has 0 aliphatic carbocycles. The number of hydrogen-bond acceptors (Lipinski definition) is 4. The molecule has 0 aromatic heterocycles. The van der Waals surface area contributed by atoms with Crippen LogP contribution in [0.4, 0.5) is 17.6 Å². The van der Waals surface area contributed by atoms with Gasteiger partial charge >= 0.3 is 6.18 Å². The van der Waals surface area contributed by atoms with Gasteiger partial charge in [0.25, 0.3) is 11.5 Å². The highest BCUT2D eigenvalue weighted by Gasteiger charge is 2.62. The third-order valence-corrected chi connectivity index (χ3v) is 8.61. The summed E-state index contributed by atoms with van der Waals surface area (Å²) in [5.74, 6) is -1.84. The molecule has 0 N–H and O–H groups in total. The topological polar surface area (TPSA) is 68.1 Å². The summed E-state index contributed by atoms with van der Waals surface area (Å²) >= 11 is 17.6. The van der Waals surface area contributed by atoms with Crippen LogP contribution in [0, 0.1) is 12.7 Å². The van der Waals surface area contributed by atoms with Gasteiger partial charge in [0.05, 0.1) is 35.4 Å². The summed E-state index contributed by atoms with van der Waals surface area (Å²) in [6.07, 6.45) is -4.45. The van der Waals surface area contributed by atoms with Gasteiger partial charge in [-0.2, -0.15) is 17.5 Å². The van der Waals surface area contributed by atoms with Crippen LogP contribution in [0.15, 0.2) is 69.0 Å². The predicted octanol–water partition coefficient (Wildman–Crippen LogP) is 7.97. The molecule has 38 heavy (non-hydrogen) atoms. The minimum absolute atomic E-state index is 0.0757. The van der Waals surface area contributed by atoms with E-state index in [0.29, 0.717) is 5.56 Å². The highest BCUT2D eigenvalue weighted by Crippen LogP contribution is 2.50. The average Bonchev–Trinajstić information content (AvgIpc) is 3.29. The van der Waals surface area contributed by atoms with E-state index < -0.39 is 55.3 Å². The van der Waals surface area contributed by atoms with Crippen molar-refractivity contribution < 1.29 is 31.4 Å². The first kappa shape index (κ1) is 28.4. The number of oxime groups is 1. The number of rotatable bonds is 4. The highest BCUT2D eigenvalue weighted by atomic mass is 35.5. The molecule has 0 radical (unpaired) electrons. The molecule has 4 rings (SSSR count). The molecule has 0 bridgehead atoms. The SMILES string of the molecule is Cc1cc(C2=NOC(c3cc(Cl)c(F)c(Cl)c3)(C(F)(F)F)C2)ccc1C(=O)N=S(C)(=O)c1ccccc1Cl. The molecule has 1 aliphatic heterocycles. The van der Waals surface area contributed by atoms with Crippen LogP contribution in [0.3, 0.4) is 0 Å². The maximum absolute atomic E-state index is 14.3. The molecule has 3 aromatic carbocycles. The molecular formula is C25H17Cl3F4N2O3S. The number of carbonyl (C=O) groups excluding carboxylic acids is 1. The van der Waals surface area contributed by atoms with Gasteiger partial charge in [0.15, 0.2) is 5.82 Å². The quantitative estimate of drug-likeness (QED) is 0.223. The summed E-state index contributed by atoms with van der Waals surface area (Å²) in [5.41, 5.74) is -2.86. The van der Waals surface area contributed by atoms with Gasteiger partial charge in [-0.1, -0.05) is 58.2 Å². The maximum atomic E-state index is 14.3. The first-order chi connectivity index (χ1) is 17.7. The standard InChI is InChI=1S/C25H17Cl3F4N2O3S/c1-13-9-14(7-8-16(13)23(35)34-38(2,36)21-6-4-3-5-17(21)26)20-12-24(37-33-20,25(30,31)32)15-10-18(27)22(29)19(28)11-15/h3-11H,12H2,1-2H3. The van der Waals surface area contributed by atoms with Crippen molar-refractivity contribution in [3.05, 3.63) is 97.7 Å². The number of nitrogens with zero attached hydrogens (tertiary/aromatic N) is 2. The molecule has 0 saturated heterocycles. The van der Waals surface area contributed by atoms with Gasteiger partial charge in [0.1, 0.15) is 0 Å². The van der Waals surface area contributed by atoms with Crippen molar-refractivity contribution in [3.63, 3.8) is 0 Å². The lowest BCUT2D eigenvalue weighted by Gasteiger charge is -2.29. The molecule has 5 nitrogen and oxygen atoms in total. The summed E-state index contributed by atoms with van der Waals surface area (Å²) in [4.78, 5) is 18.0. The second kappa shape index (κ2) is 10.1. The fourth-order valence-electron chi connectivity index (χ4n) is 3.94. The molecule has 0 spiro atoms. The van der Waals surface area contributed by atoms with Crippen molar-refractivity contribution in [3.8, 4) is 0 Å². The molecular weight excluding hydrogens is 591 g/mol. The number of alkyl halides is 3. The van der Waals surface area contributed by atoms with E-state index in [4.69, 9.17) is 39.6 Å². The average molecular weight is 608 g/mol. The Morgan fingerprint density at radius 1 is 1.05 bits per heavy atom. The third kappa shape index (κ3) is 5.14. The Morgan fingerprint density at radius 2 is 1.68 bits per heavy atom. The zero-order chi connectivity index (χ0) is 28.0. The highest BCUT2D eigenvalue weighted by molar-refractivity contribution is 7.93. The summed E-state index contributed by atoms with van der Waals surface area (Å²) in [7, 11) is -3.18. The van der Waals surface area contributed by atoms with Crippen LogP contribution in [0.25, 0.3) is 0 Å². The van der Waals surface area contributed by atoms with E-state index in [1.807, 2.05) is 0 Å². The van der Waals surface area contributed by atoms with E-state index in [2.05, 4.69) is 9.52 Å². The van der Waals surface area contributed by atoms with Crippen molar-refractivity contribution in [2.45, 2.75) is 30.0 Å². The Balaban J connectivity index is 1.66. The first-order valence-electron chi connectivity index (χ1n) is 10.7. The van der Waals surface area contributed by atoms with Gasteiger partial charge in [0.2, 0.25) is 0 Å². The molecule has 1 heterocycles. The summed E-state index contributed by atoms with van der Waals surface area (Å²) in [6.45, 7) is 1.55. The number of amides is 1. The molecule has 13 heteroatoms. The second-order valence-electron chi connectivity index (χ2n) is 8.54. The van der Waals surface area contributed by atoms with Crippen molar-refractivity contribution in [2.24, 2.45) is 9.52 Å². The monoisotopic (exact) mass is 606 g/mol. The number of aryl methyl sites for hydroxylation is 1. The maximum Gasteiger partial charge on any atom is 0.435 e. The van der Waals surface area contributed by atoms with Crippen molar-refractivity contribution in [2.75, 3.05) is 6.26 Å². The minimum atomic E-state index is -4.97. The summed E-state index contributed by atoms with van der Waals surface area (Å²) in [6, 6.07) is 12.0. The lowest BCUT2D eigenvalue weighted by Crippen LogP contribution is -2.42. The van der Waals surface area contributed by atoms with Gasteiger partial charge in [-0.3, -0.25) is 4.79 Å². The van der Waals surface area contributed by atoms with Crippen LogP contribution in [-0.2, 0) is 20.2 Å². The van der Waals surface area contributed by atoms with E-state index in [0.717, 1.165) is 12.1 Å². The Labute approximate surface area is 230 Å². The lowest BCUT2D eigenvalue weighted by molar-refractivity contribution is -0.275. The van der Waals surface area contributed by atoms with Gasteiger partial charge < -0.3 is 4.84 Å². The molecule has 0 fully saturated rings. The molecule has 2 atom stereocenters. The van der Waals surface area contributed by atoms with Gasteiger partial charge in [-0.15, -0.1) is 0 Å². The van der Waals surface area contributed by atoms with E-state index in [1.165, 1.54) is 36.6 Å². The zero-order valence-electron chi connectivity index (χ0n) is 19.6. The Kier molecular flexibility index (Phi) is 7.57. The minimum Gasteiger partial charge on any atom is -0.374 e. The van der Waals surface area contributed by atoms with E-state index >= 15 is 0 Å². The smallest absolute Gasteiger partial charge is 0.374 e. The fraction of sp³-hybridized carbons (Fsp3) is 0.200. The molecule has 200 valence electrons.